The van der Waals surface area contributed by atoms with Gasteiger partial charge in [0.25, 0.3) is 5.91 Å². The van der Waals surface area contributed by atoms with Gasteiger partial charge in [0.15, 0.2) is 0 Å². The van der Waals surface area contributed by atoms with Gasteiger partial charge in [-0.15, -0.1) is 0 Å². The van der Waals surface area contributed by atoms with Crippen molar-refractivity contribution in [2.24, 2.45) is 5.41 Å². The van der Waals surface area contributed by atoms with Crippen molar-refractivity contribution in [2.75, 3.05) is 31.2 Å². The summed E-state index contributed by atoms with van der Waals surface area (Å²) in [5.41, 5.74) is 5.68. The van der Waals surface area contributed by atoms with E-state index in [1.807, 2.05) is 61.3 Å². The Hall–Kier alpha value is -4.38. The number of nitrogens with zero attached hydrogens (tertiary/aromatic N) is 3. The third kappa shape index (κ3) is 6.67. The van der Waals surface area contributed by atoms with E-state index in [-0.39, 0.29) is 23.5 Å². The second kappa shape index (κ2) is 12.1. The summed E-state index contributed by atoms with van der Waals surface area (Å²) in [4.78, 5) is 29.4. The van der Waals surface area contributed by atoms with Crippen LogP contribution in [0.3, 0.4) is 0 Å². The van der Waals surface area contributed by atoms with E-state index in [1.54, 1.807) is 0 Å². The number of carbonyl (C=O) groups excluding carboxylic acids is 2. The number of benzene rings is 2. The van der Waals surface area contributed by atoms with Crippen molar-refractivity contribution >= 4 is 17.6 Å². The highest BCUT2D eigenvalue weighted by Crippen LogP contribution is 2.29. The van der Waals surface area contributed by atoms with Crippen molar-refractivity contribution in [3.63, 3.8) is 0 Å². The van der Waals surface area contributed by atoms with Crippen LogP contribution in [0.15, 0.2) is 78.0 Å². The smallest absolute Gasteiger partial charge is 0.324 e. The fourth-order valence-corrected chi connectivity index (χ4v) is 5.22. The van der Waals surface area contributed by atoms with Crippen LogP contribution in [0.4, 0.5) is 19.3 Å². The molecule has 11 heteroatoms. The van der Waals surface area contributed by atoms with Crippen LogP contribution in [0.5, 0.6) is 0 Å². The number of urea groups is 1. The third-order valence-electron chi connectivity index (χ3n) is 7.89. The molecule has 2 aromatic carbocycles. The van der Waals surface area contributed by atoms with E-state index in [9.17, 15) is 18.4 Å². The first kappa shape index (κ1) is 30.1. The Balaban J connectivity index is 1.20. The maximum Gasteiger partial charge on any atom is 0.324 e. The zero-order valence-corrected chi connectivity index (χ0v) is 25.2. The minimum atomic E-state index is -0.857. The number of halogens is 2. The number of anilines is 1. The maximum atomic E-state index is 14.1. The zero-order valence-electron chi connectivity index (χ0n) is 25.2. The Morgan fingerprint density at radius 2 is 1.58 bits per heavy atom. The molecule has 0 aliphatic carbocycles. The number of allylic oxidation sites excluding steroid dienone is 2. The molecule has 2 aromatic rings. The Morgan fingerprint density at radius 3 is 2.19 bits per heavy atom. The molecule has 228 valence electrons. The average Bonchev–Trinajstić information content (AvgIpc) is 3.39. The van der Waals surface area contributed by atoms with Crippen LogP contribution in [0.25, 0.3) is 0 Å². The van der Waals surface area contributed by atoms with Gasteiger partial charge in [-0.25, -0.2) is 19.0 Å². The van der Waals surface area contributed by atoms with Crippen LogP contribution in [0, 0.1) is 24.0 Å². The Morgan fingerprint density at radius 1 is 0.930 bits per heavy atom. The molecule has 0 saturated carbocycles. The largest absolute Gasteiger partial charge is 0.364 e. The first-order valence-electron chi connectivity index (χ1n) is 14.5. The number of dihydropyridines is 1. The van der Waals surface area contributed by atoms with Gasteiger partial charge >= 0.3 is 6.03 Å². The second-order valence-electron chi connectivity index (χ2n) is 12.2. The van der Waals surface area contributed by atoms with Crippen LogP contribution in [-0.2, 0) is 0 Å². The molecule has 3 aliphatic rings. The van der Waals surface area contributed by atoms with Crippen molar-refractivity contribution in [2.45, 2.75) is 46.7 Å². The molecule has 5 rings (SSSR count). The number of carbonyl (C=O) groups is 2. The number of aryl methyl sites for hydroxylation is 1. The van der Waals surface area contributed by atoms with Gasteiger partial charge in [0, 0.05) is 31.9 Å². The predicted octanol–water partition coefficient (Wildman–Crippen LogP) is 4.33. The molecule has 0 radical (unpaired) electrons. The monoisotopic (exact) mass is 591 g/mol. The summed E-state index contributed by atoms with van der Waals surface area (Å²) in [5.74, 6) is -0.857. The third-order valence-corrected chi connectivity index (χ3v) is 7.89. The minimum absolute atomic E-state index is 0.0191. The Bertz CT molecular complexity index is 1450. The molecule has 9 nitrogen and oxygen atoms in total. The summed E-state index contributed by atoms with van der Waals surface area (Å²) in [7, 11) is 0. The van der Waals surface area contributed by atoms with Crippen molar-refractivity contribution in [3.05, 3.63) is 101 Å². The molecule has 2 unspecified atom stereocenters. The predicted molar refractivity (Wildman–Crippen MR) is 162 cm³/mol. The minimum Gasteiger partial charge on any atom is -0.364 e. The summed E-state index contributed by atoms with van der Waals surface area (Å²) < 4.78 is 28.2. The summed E-state index contributed by atoms with van der Waals surface area (Å²) >= 11 is 0. The van der Waals surface area contributed by atoms with Gasteiger partial charge in [0.1, 0.15) is 28.8 Å². The van der Waals surface area contributed by atoms with Gasteiger partial charge in [-0.05, 0) is 61.8 Å². The fraction of sp³-hybridized carbons (Fsp3) is 0.375. The number of amides is 3. The Kier molecular flexibility index (Phi) is 8.45. The first-order chi connectivity index (χ1) is 20.4. The van der Waals surface area contributed by atoms with E-state index in [0.29, 0.717) is 37.7 Å². The summed E-state index contributed by atoms with van der Waals surface area (Å²) in [6.07, 6.45) is 5.77. The summed E-state index contributed by atoms with van der Waals surface area (Å²) in [6, 6.07) is 11.0. The van der Waals surface area contributed by atoms with Crippen molar-refractivity contribution in [1.82, 2.24) is 31.2 Å². The van der Waals surface area contributed by atoms with Gasteiger partial charge in [0.05, 0.1) is 17.8 Å². The number of hydrogen-bond acceptors (Lipinski definition) is 6. The number of hydrogen-bond donors (Lipinski definition) is 4. The first-order valence-corrected chi connectivity index (χ1v) is 14.5. The van der Waals surface area contributed by atoms with Crippen LogP contribution in [-0.4, -0.2) is 60.0 Å². The maximum absolute atomic E-state index is 14.1. The van der Waals surface area contributed by atoms with Crippen LogP contribution >= 0.6 is 0 Å². The molecule has 0 aromatic heterocycles. The van der Waals surface area contributed by atoms with Crippen molar-refractivity contribution in [3.8, 4) is 0 Å². The van der Waals surface area contributed by atoms with Crippen molar-refractivity contribution < 1.29 is 18.4 Å². The molecule has 43 heavy (non-hydrogen) atoms. The van der Waals surface area contributed by atoms with Gasteiger partial charge in [0.2, 0.25) is 0 Å². The molecule has 3 heterocycles. The van der Waals surface area contributed by atoms with Crippen LogP contribution in [0.1, 0.15) is 43.6 Å². The zero-order chi connectivity index (χ0) is 30.9. The molecule has 4 N–H and O–H groups in total. The highest BCUT2D eigenvalue weighted by atomic mass is 19.1. The van der Waals surface area contributed by atoms with E-state index in [2.05, 4.69) is 47.0 Å². The van der Waals surface area contributed by atoms with E-state index in [1.165, 1.54) is 11.0 Å². The van der Waals surface area contributed by atoms with Crippen LogP contribution in [0.2, 0.25) is 0 Å². The van der Waals surface area contributed by atoms with E-state index >= 15 is 0 Å². The SMILES string of the molecule is Cc1ccc(N2NC(C(C)(C)C)C=C2NC(=O)NC2=CC=C(N3CCN(C(=O)c4c(F)cccc4F)CC3)NC2C)cc1. The topological polar surface area (TPSA) is 92.0 Å². The number of rotatable bonds is 5. The lowest BCUT2D eigenvalue weighted by molar-refractivity contribution is 0.0652. The molecule has 2 atom stereocenters. The lowest BCUT2D eigenvalue weighted by Crippen LogP contribution is -2.52. The molecule has 1 saturated heterocycles. The summed E-state index contributed by atoms with van der Waals surface area (Å²) in [5, 5.41) is 11.3. The molecular formula is C32H39F2N7O2. The second-order valence-corrected chi connectivity index (χ2v) is 12.2. The normalized spacial score (nSPS) is 20.6. The number of nitrogens with one attached hydrogen (secondary N) is 4. The lowest BCUT2D eigenvalue weighted by atomic mass is 9.87. The Labute approximate surface area is 251 Å². The van der Waals surface area contributed by atoms with E-state index in [0.717, 1.165) is 29.2 Å². The average molecular weight is 592 g/mol. The highest BCUT2D eigenvalue weighted by molar-refractivity contribution is 5.94. The number of piperazine rings is 1. The standard InChI is InChI=1S/C32H39F2N7O2/c1-20-9-11-22(12-10-20)41-28(19-26(38-41)32(3,4)5)37-31(43)36-25-13-14-27(35-21(25)2)39-15-17-40(18-16-39)30(42)29-23(33)7-6-8-24(29)34/h6-14,19,21,26,35,38H,15-18H2,1-5H3,(H2,36,37,43). The van der Waals surface area contributed by atoms with Gasteiger partial charge in [-0.1, -0.05) is 44.5 Å². The van der Waals surface area contributed by atoms with Crippen LogP contribution < -0.4 is 26.4 Å². The highest BCUT2D eigenvalue weighted by Gasteiger charge is 2.33. The lowest BCUT2D eigenvalue weighted by Gasteiger charge is -2.39. The molecular weight excluding hydrogens is 552 g/mol. The van der Waals surface area contributed by atoms with E-state index in [4.69, 9.17) is 0 Å². The fourth-order valence-electron chi connectivity index (χ4n) is 5.22. The molecule has 0 spiro atoms. The van der Waals surface area contributed by atoms with Gasteiger partial charge in [-0.3, -0.25) is 15.1 Å². The molecule has 0 bridgehead atoms. The quantitative estimate of drug-likeness (QED) is 0.414. The van der Waals surface area contributed by atoms with E-state index < -0.39 is 23.1 Å². The number of hydrazine groups is 1. The van der Waals surface area contributed by atoms with Crippen molar-refractivity contribution in [1.29, 1.82) is 0 Å². The molecule has 1 fully saturated rings. The van der Waals surface area contributed by atoms with Gasteiger partial charge < -0.3 is 20.4 Å². The van der Waals surface area contributed by atoms with Gasteiger partial charge in [-0.2, -0.15) is 0 Å². The molecule has 3 aliphatic heterocycles. The molecule has 3 amide bonds. The summed E-state index contributed by atoms with van der Waals surface area (Å²) in [6.45, 7) is 12.1.